The van der Waals surface area contributed by atoms with Gasteiger partial charge in [-0.25, -0.2) is 0 Å². The number of para-hydroxylation sites is 1. The van der Waals surface area contributed by atoms with E-state index in [-0.39, 0.29) is 11.2 Å². The van der Waals surface area contributed by atoms with Crippen LogP contribution in [0.15, 0.2) is 71.6 Å². The van der Waals surface area contributed by atoms with Gasteiger partial charge in [-0.3, -0.25) is 9.78 Å². The molecule has 1 atom stereocenters. The van der Waals surface area contributed by atoms with Crippen molar-refractivity contribution in [2.75, 3.05) is 6.54 Å². The van der Waals surface area contributed by atoms with Gasteiger partial charge >= 0.3 is 0 Å². The zero-order valence-electron chi connectivity index (χ0n) is 13.6. The summed E-state index contributed by atoms with van der Waals surface area (Å²) in [5, 5.41) is 4.02. The number of aromatic nitrogens is 1. The van der Waals surface area contributed by atoms with Crippen LogP contribution in [0.4, 0.5) is 0 Å². The predicted octanol–water partition coefficient (Wildman–Crippen LogP) is 4.07. The molecule has 0 saturated carbocycles. The van der Waals surface area contributed by atoms with E-state index in [4.69, 9.17) is 0 Å². The molecule has 0 saturated heterocycles. The molecule has 3 nitrogen and oxygen atoms in total. The highest BCUT2D eigenvalue weighted by Crippen LogP contribution is 2.22. The van der Waals surface area contributed by atoms with Crippen LogP contribution in [0.5, 0.6) is 0 Å². The van der Waals surface area contributed by atoms with Crippen LogP contribution in [0.2, 0.25) is 0 Å². The Kier molecular flexibility index (Phi) is 5.49. The molecule has 3 aromatic rings. The van der Waals surface area contributed by atoms with Gasteiger partial charge in [-0.15, -0.1) is 11.8 Å². The second-order valence-corrected chi connectivity index (χ2v) is 7.02. The minimum Gasteiger partial charge on any atom is -0.355 e. The summed E-state index contributed by atoms with van der Waals surface area (Å²) < 4.78 is 0. The molecule has 24 heavy (non-hydrogen) atoms. The first-order valence-corrected chi connectivity index (χ1v) is 8.94. The number of hydrogen-bond acceptors (Lipinski definition) is 3. The predicted molar refractivity (Wildman–Crippen MR) is 100 cm³/mol. The number of amides is 1. The fraction of sp³-hybridized carbons (Fsp3) is 0.200. The molecule has 0 aliphatic rings. The minimum absolute atomic E-state index is 0.0599. The molecule has 0 radical (unpaired) electrons. The third-order valence-electron chi connectivity index (χ3n) is 3.76. The summed E-state index contributed by atoms with van der Waals surface area (Å²) in [5.41, 5.74) is 1.99. The zero-order chi connectivity index (χ0) is 16.8. The molecule has 3 rings (SSSR count). The molecule has 1 N–H and O–H groups in total. The van der Waals surface area contributed by atoms with Gasteiger partial charge in [0.05, 0.1) is 10.8 Å². The van der Waals surface area contributed by atoms with Crippen LogP contribution in [0.25, 0.3) is 10.9 Å². The van der Waals surface area contributed by atoms with Crippen molar-refractivity contribution >= 4 is 28.6 Å². The Hall–Kier alpha value is -2.33. The number of nitrogens with one attached hydrogen (secondary N) is 1. The third-order valence-corrected chi connectivity index (χ3v) is 4.87. The van der Waals surface area contributed by atoms with E-state index >= 15 is 0 Å². The van der Waals surface area contributed by atoms with Crippen molar-refractivity contribution < 1.29 is 4.79 Å². The van der Waals surface area contributed by atoms with Crippen LogP contribution in [-0.4, -0.2) is 22.7 Å². The van der Waals surface area contributed by atoms with E-state index in [2.05, 4.69) is 22.4 Å². The average molecular weight is 336 g/mol. The van der Waals surface area contributed by atoms with Gasteiger partial charge in [-0.1, -0.05) is 42.5 Å². The number of carbonyl (C=O) groups is 1. The van der Waals surface area contributed by atoms with Crippen LogP contribution in [-0.2, 0) is 11.2 Å². The molecule has 0 aliphatic heterocycles. The van der Waals surface area contributed by atoms with Gasteiger partial charge in [-0.05, 0) is 31.2 Å². The Morgan fingerprint density at radius 1 is 1.04 bits per heavy atom. The van der Waals surface area contributed by atoms with E-state index in [9.17, 15) is 4.79 Å². The second kappa shape index (κ2) is 7.97. The number of thioether (sulfide) groups is 1. The number of pyridine rings is 1. The highest BCUT2D eigenvalue weighted by atomic mass is 32.2. The van der Waals surface area contributed by atoms with Gasteiger partial charge in [-0.2, -0.15) is 0 Å². The lowest BCUT2D eigenvalue weighted by Gasteiger charge is -2.12. The van der Waals surface area contributed by atoms with E-state index in [0.29, 0.717) is 6.54 Å². The summed E-state index contributed by atoms with van der Waals surface area (Å²) in [6.45, 7) is 2.53. The number of nitrogens with zero attached hydrogens (tertiary/aromatic N) is 1. The van der Waals surface area contributed by atoms with Crippen LogP contribution >= 0.6 is 11.8 Å². The molecule has 1 heterocycles. The Morgan fingerprint density at radius 2 is 1.79 bits per heavy atom. The first kappa shape index (κ1) is 16.5. The summed E-state index contributed by atoms with van der Waals surface area (Å²) in [7, 11) is 0. The van der Waals surface area contributed by atoms with E-state index < -0.39 is 0 Å². The maximum Gasteiger partial charge on any atom is 0.233 e. The van der Waals surface area contributed by atoms with E-state index in [1.165, 1.54) is 0 Å². The molecule has 1 aromatic heterocycles. The average Bonchev–Trinajstić information content (AvgIpc) is 2.62. The van der Waals surface area contributed by atoms with Gasteiger partial charge in [0.25, 0.3) is 0 Å². The molecule has 1 unspecified atom stereocenters. The molecule has 4 heteroatoms. The molecular weight excluding hydrogens is 316 g/mol. The van der Waals surface area contributed by atoms with Crippen LogP contribution in [0.3, 0.4) is 0 Å². The highest BCUT2D eigenvalue weighted by Gasteiger charge is 2.13. The van der Waals surface area contributed by atoms with Gasteiger partial charge < -0.3 is 5.32 Å². The lowest BCUT2D eigenvalue weighted by atomic mass is 10.2. The van der Waals surface area contributed by atoms with Gasteiger partial charge in [0.1, 0.15) is 0 Å². The van der Waals surface area contributed by atoms with Crippen molar-refractivity contribution in [1.82, 2.24) is 10.3 Å². The van der Waals surface area contributed by atoms with Crippen molar-refractivity contribution in [2.45, 2.75) is 23.5 Å². The van der Waals surface area contributed by atoms with Crippen molar-refractivity contribution in [3.05, 3.63) is 72.4 Å². The number of carbonyl (C=O) groups excluding carboxylic acids is 1. The first-order chi connectivity index (χ1) is 11.7. The summed E-state index contributed by atoms with van der Waals surface area (Å²) >= 11 is 1.57. The Bertz CT molecular complexity index is 820. The quantitative estimate of drug-likeness (QED) is 0.690. The largest absolute Gasteiger partial charge is 0.355 e. The second-order valence-electron chi connectivity index (χ2n) is 5.61. The van der Waals surface area contributed by atoms with Crippen molar-refractivity contribution in [2.24, 2.45) is 0 Å². The Morgan fingerprint density at radius 3 is 2.62 bits per heavy atom. The van der Waals surface area contributed by atoms with Crippen LogP contribution < -0.4 is 5.32 Å². The fourth-order valence-electron chi connectivity index (χ4n) is 2.46. The topological polar surface area (TPSA) is 42.0 Å². The van der Waals surface area contributed by atoms with E-state index in [1.54, 1.807) is 11.8 Å². The third kappa shape index (κ3) is 4.36. The number of fused-ring (bicyclic) bond motifs is 1. The molecule has 1 amide bonds. The number of rotatable bonds is 6. The molecule has 0 bridgehead atoms. The van der Waals surface area contributed by atoms with E-state index in [0.717, 1.165) is 27.9 Å². The highest BCUT2D eigenvalue weighted by molar-refractivity contribution is 8.00. The zero-order valence-corrected chi connectivity index (χ0v) is 14.4. The lowest BCUT2D eigenvalue weighted by Crippen LogP contribution is -2.32. The van der Waals surface area contributed by atoms with Crippen molar-refractivity contribution in [3.63, 3.8) is 0 Å². The molecule has 0 aliphatic carbocycles. The van der Waals surface area contributed by atoms with Crippen LogP contribution in [0, 0.1) is 0 Å². The molecule has 0 fully saturated rings. The normalized spacial score (nSPS) is 12.0. The lowest BCUT2D eigenvalue weighted by molar-refractivity contribution is -0.120. The number of benzene rings is 2. The summed E-state index contributed by atoms with van der Waals surface area (Å²) in [6, 6.07) is 22.2. The fourth-order valence-corrected chi connectivity index (χ4v) is 3.37. The maximum atomic E-state index is 12.2. The van der Waals surface area contributed by atoms with Crippen molar-refractivity contribution in [1.29, 1.82) is 0 Å². The molecule has 2 aromatic carbocycles. The minimum atomic E-state index is -0.114. The number of hydrogen-bond donors (Lipinski definition) is 1. The molecule has 0 spiro atoms. The SMILES string of the molecule is CC(Sc1ccccc1)C(=O)NCCc1ccc2ccccc2n1. The summed E-state index contributed by atoms with van der Waals surface area (Å²) in [5.74, 6) is 0.0599. The smallest absolute Gasteiger partial charge is 0.233 e. The van der Waals surface area contributed by atoms with Crippen molar-refractivity contribution in [3.8, 4) is 0 Å². The first-order valence-electron chi connectivity index (χ1n) is 8.06. The Balaban J connectivity index is 1.50. The monoisotopic (exact) mass is 336 g/mol. The van der Waals surface area contributed by atoms with Gasteiger partial charge in [0.2, 0.25) is 5.91 Å². The van der Waals surface area contributed by atoms with E-state index in [1.807, 2.05) is 61.5 Å². The summed E-state index contributed by atoms with van der Waals surface area (Å²) in [6.07, 6.45) is 0.735. The molecular formula is C20H20N2OS. The Labute approximate surface area is 146 Å². The maximum absolute atomic E-state index is 12.2. The standard InChI is InChI=1S/C20H20N2OS/c1-15(24-18-8-3-2-4-9-18)20(23)21-14-13-17-12-11-16-7-5-6-10-19(16)22-17/h2-12,15H,13-14H2,1H3,(H,21,23). The molecule has 122 valence electrons. The van der Waals surface area contributed by atoms with Gasteiger partial charge in [0, 0.05) is 28.9 Å². The van der Waals surface area contributed by atoms with Crippen LogP contribution in [0.1, 0.15) is 12.6 Å². The summed E-state index contributed by atoms with van der Waals surface area (Å²) in [4.78, 5) is 17.9. The van der Waals surface area contributed by atoms with Gasteiger partial charge in [0.15, 0.2) is 0 Å².